The number of hydrogen-bond acceptors (Lipinski definition) is 6. The summed E-state index contributed by atoms with van der Waals surface area (Å²) in [6, 6.07) is 5.90. The van der Waals surface area contributed by atoms with Gasteiger partial charge in [0.25, 0.3) is 5.91 Å². The summed E-state index contributed by atoms with van der Waals surface area (Å²) in [5.41, 5.74) is 2.18. The molecule has 5 rings (SSSR count). The Labute approximate surface area is 176 Å². The molecule has 162 valence electrons. The van der Waals surface area contributed by atoms with Gasteiger partial charge in [0.05, 0.1) is 11.5 Å². The Bertz CT molecular complexity index is 1050. The number of hydrogen-bond donors (Lipinski definition) is 0. The predicted molar refractivity (Wildman–Crippen MR) is 114 cm³/mol. The molecule has 3 heterocycles. The molecule has 1 amide bonds. The second-order valence-electron chi connectivity index (χ2n) is 8.63. The van der Waals surface area contributed by atoms with E-state index in [9.17, 15) is 13.2 Å². The minimum atomic E-state index is -2.88. The number of furan rings is 1. The van der Waals surface area contributed by atoms with Crippen LogP contribution in [-0.4, -0.2) is 74.5 Å². The average molecular weight is 433 g/mol. The predicted octanol–water partition coefficient (Wildman–Crippen LogP) is 2.02. The monoisotopic (exact) mass is 432 g/mol. The van der Waals surface area contributed by atoms with Crippen LogP contribution in [0.3, 0.4) is 0 Å². The zero-order chi connectivity index (χ0) is 20.7. The minimum Gasteiger partial charge on any atom is -0.484 e. The van der Waals surface area contributed by atoms with E-state index >= 15 is 0 Å². The van der Waals surface area contributed by atoms with E-state index in [-0.39, 0.29) is 30.1 Å². The first-order valence-electron chi connectivity index (χ1n) is 10.9. The summed E-state index contributed by atoms with van der Waals surface area (Å²) in [4.78, 5) is 16.6. The van der Waals surface area contributed by atoms with Crippen LogP contribution in [0.2, 0.25) is 0 Å². The van der Waals surface area contributed by atoms with Crippen molar-refractivity contribution in [2.75, 3.05) is 44.3 Å². The van der Waals surface area contributed by atoms with Gasteiger partial charge in [0.2, 0.25) is 0 Å². The Morgan fingerprint density at radius 2 is 1.93 bits per heavy atom. The smallest absolute Gasteiger partial charge is 0.260 e. The highest BCUT2D eigenvalue weighted by Gasteiger charge is 2.34. The fraction of sp³-hybridized carbons (Fsp3) is 0.591. The van der Waals surface area contributed by atoms with E-state index in [4.69, 9.17) is 9.15 Å². The lowest BCUT2D eigenvalue weighted by molar-refractivity contribution is -0.135. The topological polar surface area (TPSA) is 80.1 Å². The van der Waals surface area contributed by atoms with Crippen molar-refractivity contribution in [3.8, 4) is 5.75 Å². The van der Waals surface area contributed by atoms with Gasteiger partial charge in [-0.3, -0.25) is 9.69 Å². The number of amides is 1. The summed E-state index contributed by atoms with van der Waals surface area (Å²) < 4.78 is 35.2. The SMILES string of the molecule is O=C(COc1ccc2oc3c(c2c1)CCCC3)N1CCN(C2CCS(=O)(=O)C2)CC1. The molecule has 30 heavy (non-hydrogen) atoms. The number of piperazine rings is 1. The largest absolute Gasteiger partial charge is 0.484 e. The van der Waals surface area contributed by atoms with Crippen molar-refractivity contribution in [1.29, 1.82) is 0 Å². The van der Waals surface area contributed by atoms with Crippen molar-refractivity contribution in [3.63, 3.8) is 0 Å². The third kappa shape index (κ3) is 3.95. The fourth-order valence-corrected chi connectivity index (χ4v) is 6.73. The Hall–Kier alpha value is -2.06. The van der Waals surface area contributed by atoms with Gasteiger partial charge < -0.3 is 14.1 Å². The van der Waals surface area contributed by atoms with Crippen LogP contribution in [0, 0.1) is 0 Å². The van der Waals surface area contributed by atoms with Crippen molar-refractivity contribution in [2.45, 2.75) is 38.1 Å². The van der Waals surface area contributed by atoms with Crippen molar-refractivity contribution in [3.05, 3.63) is 29.5 Å². The zero-order valence-electron chi connectivity index (χ0n) is 17.1. The lowest BCUT2D eigenvalue weighted by atomic mass is 9.96. The molecular weight excluding hydrogens is 404 g/mol. The molecule has 7 nitrogen and oxygen atoms in total. The van der Waals surface area contributed by atoms with E-state index in [0.29, 0.717) is 25.3 Å². The molecule has 1 unspecified atom stereocenters. The average Bonchev–Trinajstić information content (AvgIpc) is 3.31. The number of sulfone groups is 1. The molecular formula is C22H28N2O5S. The summed E-state index contributed by atoms with van der Waals surface area (Å²) in [5, 5.41) is 1.11. The van der Waals surface area contributed by atoms with Crippen LogP contribution in [0.25, 0.3) is 11.0 Å². The summed E-state index contributed by atoms with van der Waals surface area (Å²) in [6.07, 6.45) is 5.10. The minimum absolute atomic E-state index is 0.0172. The number of benzene rings is 1. The highest BCUT2D eigenvalue weighted by atomic mass is 32.2. The zero-order valence-corrected chi connectivity index (χ0v) is 18.0. The molecule has 1 aromatic heterocycles. The summed E-state index contributed by atoms with van der Waals surface area (Å²) in [7, 11) is -2.88. The summed E-state index contributed by atoms with van der Waals surface area (Å²) in [6.45, 7) is 2.70. The standard InChI is InChI=1S/C22H28N2O5S/c25-22(24-10-8-23(9-11-24)16-7-12-30(26,27)15-16)14-28-17-5-6-21-19(13-17)18-3-1-2-4-20(18)29-21/h5-6,13,16H,1-4,7-12,14-15H2. The van der Waals surface area contributed by atoms with Gasteiger partial charge in [-0.2, -0.15) is 0 Å². The van der Waals surface area contributed by atoms with E-state index in [1.807, 2.05) is 23.1 Å². The molecule has 0 bridgehead atoms. The third-order valence-corrected chi connectivity index (χ3v) is 8.43. The molecule has 1 atom stereocenters. The number of ether oxygens (including phenoxy) is 1. The molecule has 0 N–H and O–H groups in total. The van der Waals surface area contributed by atoms with E-state index in [0.717, 1.165) is 42.7 Å². The van der Waals surface area contributed by atoms with Gasteiger partial charge in [-0.15, -0.1) is 0 Å². The molecule has 2 aromatic rings. The van der Waals surface area contributed by atoms with Crippen LogP contribution in [0.4, 0.5) is 0 Å². The van der Waals surface area contributed by atoms with Gasteiger partial charge in [-0.05, 0) is 43.9 Å². The van der Waals surface area contributed by atoms with E-state index in [1.54, 1.807) is 0 Å². The highest BCUT2D eigenvalue weighted by Crippen LogP contribution is 2.34. The first-order valence-corrected chi connectivity index (χ1v) is 12.7. The van der Waals surface area contributed by atoms with Gasteiger partial charge in [-0.25, -0.2) is 8.42 Å². The maximum Gasteiger partial charge on any atom is 0.260 e. The maximum atomic E-state index is 12.6. The van der Waals surface area contributed by atoms with Crippen LogP contribution >= 0.6 is 0 Å². The molecule has 1 aliphatic carbocycles. The van der Waals surface area contributed by atoms with E-state index < -0.39 is 9.84 Å². The normalized spacial score (nSPS) is 24.1. The van der Waals surface area contributed by atoms with Crippen molar-refractivity contribution < 1.29 is 22.4 Å². The number of aryl methyl sites for hydroxylation is 2. The highest BCUT2D eigenvalue weighted by molar-refractivity contribution is 7.91. The quantitative estimate of drug-likeness (QED) is 0.736. The van der Waals surface area contributed by atoms with Gasteiger partial charge in [0, 0.05) is 49.6 Å². The lowest BCUT2D eigenvalue weighted by Crippen LogP contribution is -2.53. The molecule has 1 aromatic carbocycles. The van der Waals surface area contributed by atoms with Gasteiger partial charge in [0.15, 0.2) is 16.4 Å². The Morgan fingerprint density at radius 1 is 1.13 bits per heavy atom. The fourth-order valence-electron chi connectivity index (χ4n) is 4.97. The third-order valence-electron chi connectivity index (χ3n) is 6.68. The van der Waals surface area contributed by atoms with Crippen LogP contribution in [0.15, 0.2) is 22.6 Å². The summed E-state index contributed by atoms with van der Waals surface area (Å²) in [5.74, 6) is 2.30. The molecule has 2 aliphatic heterocycles. The molecule has 3 aliphatic rings. The van der Waals surface area contributed by atoms with Crippen molar-refractivity contribution in [2.24, 2.45) is 0 Å². The number of carbonyl (C=O) groups is 1. The number of rotatable bonds is 4. The molecule has 2 fully saturated rings. The summed E-state index contributed by atoms with van der Waals surface area (Å²) >= 11 is 0. The van der Waals surface area contributed by atoms with E-state index in [1.165, 1.54) is 18.4 Å². The van der Waals surface area contributed by atoms with Crippen LogP contribution in [-0.2, 0) is 27.5 Å². The number of carbonyl (C=O) groups excluding carboxylic acids is 1. The molecule has 8 heteroatoms. The van der Waals surface area contributed by atoms with Gasteiger partial charge in [-0.1, -0.05) is 0 Å². The first-order chi connectivity index (χ1) is 14.5. The second-order valence-corrected chi connectivity index (χ2v) is 10.9. The van der Waals surface area contributed by atoms with E-state index in [2.05, 4.69) is 4.90 Å². The Kier molecular flexibility index (Phi) is 5.23. The molecule has 0 saturated carbocycles. The van der Waals surface area contributed by atoms with Gasteiger partial charge in [0.1, 0.15) is 17.1 Å². The van der Waals surface area contributed by atoms with Crippen LogP contribution < -0.4 is 4.74 Å². The molecule has 0 radical (unpaired) electrons. The van der Waals surface area contributed by atoms with Gasteiger partial charge >= 0.3 is 0 Å². The second kappa shape index (κ2) is 7.89. The van der Waals surface area contributed by atoms with Crippen molar-refractivity contribution in [1.82, 2.24) is 9.80 Å². The number of fused-ring (bicyclic) bond motifs is 3. The Morgan fingerprint density at radius 3 is 2.70 bits per heavy atom. The Balaban J connectivity index is 1.16. The molecule has 0 spiro atoms. The van der Waals surface area contributed by atoms with Crippen LogP contribution in [0.5, 0.6) is 5.75 Å². The number of nitrogens with zero attached hydrogens (tertiary/aromatic N) is 2. The van der Waals surface area contributed by atoms with Crippen molar-refractivity contribution >= 4 is 26.7 Å². The lowest BCUT2D eigenvalue weighted by Gasteiger charge is -2.37. The molecule has 2 saturated heterocycles. The maximum absolute atomic E-state index is 12.6. The first kappa shape index (κ1) is 19.9. The van der Waals surface area contributed by atoms with Crippen LogP contribution in [0.1, 0.15) is 30.6 Å².